The minimum atomic E-state index is -0.348. The Morgan fingerprint density at radius 3 is 2.37 bits per heavy atom. The monoisotopic (exact) mass is 389 g/mol. The van der Waals surface area contributed by atoms with Crippen LogP contribution in [0.15, 0.2) is 30.3 Å². The summed E-state index contributed by atoms with van der Waals surface area (Å²) in [4.78, 5) is 0. The lowest BCUT2D eigenvalue weighted by Gasteiger charge is -2.17. The van der Waals surface area contributed by atoms with Gasteiger partial charge in [0.1, 0.15) is 5.82 Å². The number of aryl methyl sites for hydroxylation is 2. The third-order valence-corrected chi connectivity index (χ3v) is 4.51. The number of hydrogen-bond donors (Lipinski definition) is 1. The minimum absolute atomic E-state index is 0.258. The van der Waals surface area contributed by atoms with Gasteiger partial charge in [-0.1, -0.05) is 23.7 Å². The average molecular weight is 390 g/mol. The quantitative estimate of drug-likeness (QED) is 0.737. The van der Waals surface area contributed by atoms with Gasteiger partial charge in [0.25, 0.3) is 0 Å². The summed E-state index contributed by atoms with van der Waals surface area (Å²) in [5.41, 5.74) is 10.3. The van der Waals surface area contributed by atoms with Crippen molar-refractivity contribution in [3.05, 3.63) is 67.0 Å². The molecule has 0 saturated heterocycles. The summed E-state index contributed by atoms with van der Waals surface area (Å²) >= 11 is 8.37. The van der Waals surface area contributed by atoms with Gasteiger partial charge in [-0.25, -0.2) is 4.39 Å². The molecule has 1 nitrogen and oxygen atoms in total. The molecular formula is C15H14ClFIN. The van der Waals surface area contributed by atoms with E-state index in [4.69, 9.17) is 17.3 Å². The Balaban J connectivity index is 2.49. The molecule has 2 rings (SSSR count). The van der Waals surface area contributed by atoms with Gasteiger partial charge in [-0.05, 0) is 76.9 Å². The fourth-order valence-electron chi connectivity index (χ4n) is 1.96. The van der Waals surface area contributed by atoms with Crippen LogP contribution in [0.4, 0.5) is 4.39 Å². The molecule has 0 fully saturated rings. The summed E-state index contributed by atoms with van der Waals surface area (Å²) < 4.78 is 13.9. The van der Waals surface area contributed by atoms with Gasteiger partial charge in [0.2, 0.25) is 0 Å². The summed E-state index contributed by atoms with van der Waals surface area (Å²) in [7, 11) is 0. The fourth-order valence-corrected chi connectivity index (χ4v) is 3.11. The van der Waals surface area contributed by atoms with Gasteiger partial charge in [0.05, 0.1) is 6.04 Å². The lowest BCUT2D eigenvalue weighted by Crippen LogP contribution is -2.14. The van der Waals surface area contributed by atoms with Gasteiger partial charge in [0.15, 0.2) is 0 Å². The van der Waals surface area contributed by atoms with Crippen LogP contribution in [0.3, 0.4) is 0 Å². The standard InChI is InChI=1S/C15H14ClFIN/c1-8-5-12(13(16)6-9(8)2)15(19)11-4-3-10(17)7-14(11)18/h3-7,15H,19H2,1-2H3. The minimum Gasteiger partial charge on any atom is -0.320 e. The molecule has 2 N–H and O–H groups in total. The second kappa shape index (κ2) is 5.77. The molecule has 1 atom stereocenters. The number of hydrogen-bond acceptors (Lipinski definition) is 1. The molecule has 0 bridgehead atoms. The van der Waals surface area contributed by atoms with E-state index in [-0.39, 0.29) is 11.9 Å². The Kier molecular flexibility index (Phi) is 4.48. The lowest BCUT2D eigenvalue weighted by molar-refractivity contribution is 0.625. The Morgan fingerprint density at radius 1 is 1.11 bits per heavy atom. The van der Waals surface area contributed by atoms with Gasteiger partial charge < -0.3 is 5.73 Å². The molecule has 1 unspecified atom stereocenters. The van der Waals surface area contributed by atoms with E-state index in [0.29, 0.717) is 5.02 Å². The molecule has 19 heavy (non-hydrogen) atoms. The van der Waals surface area contributed by atoms with Gasteiger partial charge >= 0.3 is 0 Å². The molecule has 2 aromatic carbocycles. The molecule has 0 aliphatic heterocycles. The second-order valence-electron chi connectivity index (χ2n) is 4.60. The Hall–Kier alpha value is -0.650. The van der Waals surface area contributed by atoms with Crippen LogP contribution in [-0.2, 0) is 0 Å². The number of nitrogens with two attached hydrogens (primary N) is 1. The predicted molar refractivity (Wildman–Crippen MR) is 86.1 cm³/mol. The summed E-state index contributed by atoms with van der Waals surface area (Å²) in [6.45, 7) is 4.04. The molecule has 0 radical (unpaired) electrons. The van der Waals surface area contributed by atoms with Crippen LogP contribution in [-0.4, -0.2) is 0 Å². The SMILES string of the molecule is Cc1cc(Cl)c(C(N)c2ccc(F)cc2I)cc1C. The third kappa shape index (κ3) is 3.09. The van der Waals surface area contributed by atoms with Crippen molar-refractivity contribution < 1.29 is 4.39 Å². The Morgan fingerprint density at radius 2 is 1.74 bits per heavy atom. The number of rotatable bonds is 2. The molecule has 0 spiro atoms. The highest BCUT2D eigenvalue weighted by atomic mass is 127. The highest BCUT2D eigenvalue weighted by Crippen LogP contribution is 2.31. The van der Waals surface area contributed by atoms with E-state index < -0.39 is 0 Å². The summed E-state index contributed by atoms with van der Waals surface area (Å²) in [6, 6.07) is 8.19. The van der Waals surface area contributed by atoms with Crippen LogP contribution < -0.4 is 5.73 Å². The first-order valence-electron chi connectivity index (χ1n) is 5.87. The van der Waals surface area contributed by atoms with Crippen molar-refractivity contribution >= 4 is 34.2 Å². The van der Waals surface area contributed by atoms with Gasteiger partial charge in [-0.2, -0.15) is 0 Å². The molecule has 2 aromatic rings. The van der Waals surface area contributed by atoms with E-state index in [1.807, 2.05) is 26.0 Å². The first-order valence-corrected chi connectivity index (χ1v) is 7.33. The van der Waals surface area contributed by atoms with Crippen molar-refractivity contribution in [2.24, 2.45) is 5.73 Å². The largest absolute Gasteiger partial charge is 0.320 e. The van der Waals surface area contributed by atoms with Crippen LogP contribution in [0, 0.1) is 23.2 Å². The lowest BCUT2D eigenvalue weighted by atomic mass is 9.96. The van der Waals surface area contributed by atoms with Crippen molar-refractivity contribution in [1.82, 2.24) is 0 Å². The van der Waals surface area contributed by atoms with E-state index in [2.05, 4.69) is 22.6 Å². The van der Waals surface area contributed by atoms with E-state index in [1.165, 1.54) is 12.1 Å². The molecule has 0 heterocycles. The topological polar surface area (TPSA) is 26.0 Å². The van der Waals surface area contributed by atoms with Crippen LogP contribution in [0.1, 0.15) is 28.3 Å². The Bertz CT molecular complexity index is 628. The molecule has 100 valence electrons. The molecule has 4 heteroatoms. The van der Waals surface area contributed by atoms with E-state index >= 15 is 0 Å². The van der Waals surface area contributed by atoms with Crippen LogP contribution in [0.2, 0.25) is 5.02 Å². The molecule has 0 aromatic heterocycles. The fraction of sp³-hybridized carbons (Fsp3) is 0.200. The van der Waals surface area contributed by atoms with Crippen LogP contribution in [0.5, 0.6) is 0 Å². The van der Waals surface area contributed by atoms with Crippen molar-refractivity contribution in [3.8, 4) is 0 Å². The molecule has 0 amide bonds. The van der Waals surface area contributed by atoms with Crippen LogP contribution in [0.25, 0.3) is 0 Å². The zero-order valence-electron chi connectivity index (χ0n) is 10.7. The summed E-state index contributed by atoms with van der Waals surface area (Å²) in [5.74, 6) is -0.258. The van der Waals surface area contributed by atoms with E-state index in [1.54, 1.807) is 6.07 Å². The number of halogens is 3. The maximum atomic E-state index is 13.1. The summed E-state index contributed by atoms with van der Waals surface area (Å²) in [6.07, 6.45) is 0. The zero-order chi connectivity index (χ0) is 14.2. The molecule has 0 aliphatic carbocycles. The first kappa shape index (κ1) is 14.8. The Labute approximate surface area is 131 Å². The van der Waals surface area contributed by atoms with Gasteiger partial charge in [-0.3, -0.25) is 0 Å². The van der Waals surface area contributed by atoms with Crippen molar-refractivity contribution in [2.75, 3.05) is 0 Å². The molecule has 0 saturated carbocycles. The first-order chi connectivity index (χ1) is 8.90. The smallest absolute Gasteiger partial charge is 0.124 e. The predicted octanol–water partition coefficient (Wildman–Crippen LogP) is 4.75. The van der Waals surface area contributed by atoms with Crippen molar-refractivity contribution in [1.29, 1.82) is 0 Å². The highest BCUT2D eigenvalue weighted by molar-refractivity contribution is 14.1. The normalized spacial score (nSPS) is 12.5. The van der Waals surface area contributed by atoms with Gasteiger partial charge in [0, 0.05) is 8.59 Å². The second-order valence-corrected chi connectivity index (χ2v) is 6.17. The molecule has 0 aliphatic rings. The van der Waals surface area contributed by atoms with Crippen LogP contribution >= 0.6 is 34.2 Å². The van der Waals surface area contributed by atoms with E-state index in [0.717, 1.165) is 25.8 Å². The average Bonchev–Trinajstić information content (AvgIpc) is 2.33. The third-order valence-electron chi connectivity index (χ3n) is 3.25. The highest BCUT2D eigenvalue weighted by Gasteiger charge is 2.16. The van der Waals surface area contributed by atoms with Crippen molar-refractivity contribution in [3.63, 3.8) is 0 Å². The summed E-state index contributed by atoms with van der Waals surface area (Å²) in [5, 5.41) is 0.649. The number of benzene rings is 2. The maximum Gasteiger partial charge on any atom is 0.124 e. The molecular weight excluding hydrogens is 376 g/mol. The van der Waals surface area contributed by atoms with Crippen molar-refractivity contribution in [2.45, 2.75) is 19.9 Å². The van der Waals surface area contributed by atoms with Gasteiger partial charge in [-0.15, -0.1) is 0 Å². The van der Waals surface area contributed by atoms with E-state index in [9.17, 15) is 4.39 Å². The maximum absolute atomic E-state index is 13.1. The zero-order valence-corrected chi connectivity index (χ0v) is 13.6.